The molecule has 0 heterocycles. The van der Waals surface area contributed by atoms with Crippen molar-refractivity contribution in [2.75, 3.05) is 0 Å². The van der Waals surface area contributed by atoms with Crippen LogP contribution >= 0.6 is 27.5 Å². The second kappa shape index (κ2) is 6.61. The molecule has 2 N–H and O–H groups in total. The molecule has 0 aliphatic heterocycles. The molecular formula is C16H17BrClNO. The van der Waals surface area contributed by atoms with Crippen LogP contribution < -0.4 is 10.5 Å². The van der Waals surface area contributed by atoms with Crippen molar-refractivity contribution < 1.29 is 4.74 Å². The average Bonchev–Trinajstić information content (AvgIpc) is 2.41. The van der Waals surface area contributed by atoms with E-state index < -0.39 is 0 Å². The number of hydrogen-bond donors (Lipinski definition) is 1. The topological polar surface area (TPSA) is 35.2 Å². The normalized spacial score (nSPS) is 10.9. The minimum atomic E-state index is 0.364. The molecule has 0 spiro atoms. The Morgan fingerprint density at radius 3 is 2.55 bits per heavy atom. The molecule has 0 saturated heterocycles. The van der Waals surface area contributed by atoms with Gasteiger partial charge in [0.2, 0.25) is 0 Å². The molecule has 0 unspecified atom stereocenters. The van der Waals surface area contributed by atoms with Gasteiger partial charge in [-0.15, -0.1) is 0 Å². The highest BCUT2D eigenvalue weighted by molar-refractivity contribution is 9.10. The summed E-state index contributed by atoms with van der Waals surface area (Å²) in [6.07, 6.45) is 0. The molecule has 2 nitrogen and oxygen atoms in total. The molecule has 0 amide bonds. The second-order valence-electron chi connectivity index (χ2n) is 4.90. The maximum Gasteiger partial charge on any atom is 0.133 e. The Balaban J connectivity index is 2.42. The Kier molecular flexibility index (Phi) is 5.08. The van der Waals surface area contributed by atoms with Crippen LogP contribution in [0, 0.1) is 0 Å². The van der Waals surface area contributed by atoms with Gasteiger partial charge in [0.25, 0.3) is 0 Å². The molecule has 2 aromatic rings. The third-order valence-corrected chi connectivity index (χ3v) is 3.79. The van der Waals surface area contributed by atoms with Crippen LogP contribution in [-0.2, 0) is 6.54 Å². The van der Waals surface area contributed by atoms with Gasteiger partial charge in [0, 0.05) is 21.6 Å². The third-order valence-electron chi connectivity index (χ3n) is 3.06. The molecular weight excluding hydrogens is 338 g/mol. The number of nitrogens with two attached hydrogens (primary N) is 1. The smallest absolute Gasteiger partial charge is 0.133 e. The van der Waals surface area contributed by atoms with Crippen molar-refractivity contribution in [3.63, 3.8) is 0 Å². The fourth-order valence-corrected chi connectivity index (χ4v) is 2.51. The molecule has 0 aliphatic rings. The van der Waals surface area contributed by atoms with Gasteiger partial charge >= 0.3 is 0 Å². The van der Waals surface area contributed by atoms with E-state index in [-0.39, 0.29) is 0 Å². The zero-order chi connectivity index (χ0) is 14.7. The minimum Gasteiger partial charge on any atom is -0.457 e. The van der Waals surface area contributed by atoms with Crippen molar-refractivity contribution in [1.29, 1.82) is 0 Å². The Bertz CT molecular complexity index is 613. The van der Waals surface area contributed by atoms with Crippen LogP contribution in [0.2, 0.25) is 5.02 Å². The predicted octanol–water partition coefficient (Wildman–Crippen LogP) is 5.48. The van der Waals surface area contributed by atoms with Gasteiger partial charge in [-0.2, -0.15) is 0 Å². The van der Waals surface area contributed by atoms with Crippen LogP contribution in [0.1, 0.15) is 30.9 Å². The zero-order valence-electron chi connectivity index (χ0n) is 11.5. The van der Waals surface area contributed by atoms with E-state index in [9.17, 15) is 0 Å². The second-order valence-corrected chi connectivity index (χ2v) is 6.25. The Morgan fingerprint density at radius 2 is 1.90 bits per heavy atom. The maximum absolute atomic E-state index is 6.04. The predicted molar refractivity (Wildman–Crippen MR) is 87.6 cm³/mol. The lowest BCUT2D eigenvalue weighted by atomic mass is 10.0. The summed E-state index contributed by atoms with van der Waals surface area (Å²) in [4.78, 5) is 0. The average molecular weight is 355 g/mol. The standard InChI is InChI=1S/C16H17BrClNO/c1-10(2)14-7-12(17)4-6-15(14)20-16-8-13(18)5-3-11(16)9-19/h3-8,10H,9,19H2,1-2H3. The lowest BCUT2D eigenvalue weighted by Gasteiger charge is -2.16. The molecule has 106 valence electrons. The summed E-state index contributed by atoms with van der Waals surface area (Å²) in [6.45, 7) is 4.69. The van der Waals surface area contributed by atoms with Gasteiger partial charge in [-0.25, -0.2) is 0 Å². The van der Waals surface area contributed by atoms with Crippen LogP contribution in [0.25, 0.3) is 0 Å². The van der Waals surface area contributed by atoms with Gasteiger partial charge in [0.15, 0.2) is 0 Å². The van der Waals surface area contributed by atoms with E-state index in [0.29, 0.717) is 23.2 Å². The highest BCUT2D eigenvalue weighted by atomic mass is 79.9. The molecule has 20 heavy (non-hydrogen) atoms. The molecule has 0 aliphatic carbocycles. The molecule has 2 aromatic carbocycles. The number of halogens is 2. The molecule has 0 fully saturated rings. The Labute approximate surface area is 133 Å². The van der Waals surface area contributed by atoms with E-state index in [2.05, 4.69) is 35.8 Å². The first-order chi connectivity index (χ1) is 9.51. The van der Waals surface area contributed by atoms with Gasteiger partial charge in [0.05, 0.1) is 0 Å². The van der Waals surface area contributed by atoms with Gasteiger partial charge in [0.1, 0.15) is 11.5 Å². The van der Waals surface area contributed by atoms with Crippen molar-refractivity contribution in [3.05, 3.63) is 57.0 Å². The van der Waals surface area contributed by atoms with Crippen LogP contribution in [0.15, 0.2) is 40.9 Å². The van der Waals surface area contributed by atoms with Crippen molar-refractivity contribution in [1.82, 2.24) is 0 Å². The summed E-state index contributed by atoms with van der Waals surface area (Å²) in [7, 11) is 0. The van der Waals surface area contributed by atoms with Gasteiger partial charge in [-0.05, 0) is 41.8 Å². The summed E-state index contributed by atoms with van der Waals surface area (Å²) < 4.78 is 7.08. The third kappa shape index (κ3) is 3.54. The van der Waals surface area contributed by atoms with E-state index >= 15 is 0 Å². The molecule has 0 bridgehead atoms. The fourth-order valence-electron chi connectivity index (χ4n) is 1.97. The Morgan fingerprint density at radius 1 is 1.15 bits per heavy atom. The minimum absolute atomic E-state index is 0.364. The van der Waals surface area contributed by atoms with E-state index in [0.717, 1.165) is 21.3 Å². The summed E-state index contributed by atoms with van der Waals surface area (Å²) in [5.41, 5.74) is 7.82. The molecule has 4 heteroatoms. The van der Waals surface area contributed by atoms with Crippen molar-refractivity contribution in [2.45, 2.75) is 26.3 Å². The molecule has 2 rings (SSSR count). The van der Waals surface area contributed by atoms with E-state index in [1.807, 2.05) is 24.3 Å². The van der Waals surface area contributed by atoms with Crippen molar-refractivity contribution in [3.8, 4) is 11.5 Å². The summed E-state index contributed by atoms with van der Waals surface area (Å²) in [6, 6.07) is 11.5. The summed E-state index contributed by atoms with van der Waals surface area (Å²) in [5, 5.41) is 0.639. The maximum atomic E-state index is 6.04. The van der Waals surface area contributed by atoms with Crippen LogP contribution in [0.4, 0.5) is 0 Å². The first-order valence-electron chi connectivity index (χ1n) is 6.47. The molecule has 0 aromatic heterocycles. The number of ether oxygens (including phenoxy) is 1. The molecule has 0 radical (unpaired) electrons. The van der Waals surface area contributed by atoms with E-state index in [1.165, 1.54) is 0 Å². The molecule has 0 atom stereocenters. The quantitative estimate of drug-likeness (QED) is 0.789. The van der Waals surface area contributed by atoms with E-state index in [1.54, 1.807) is 6.07 Å². The van der Waals surface area contributed by atoms with Crippen molar-refractivity contribution in [2.24, 2.45) is 5.73 Å². The SMILES string of the molecule is CC(C)c1cc(Br)ccc1Oc1cc(Cl)ccc1CN. The van der Waals surface area contributed by atoms with Crippen LogP contribution in [0.5, 0.6) is 11.5 Å². The first-order valence-corrected chi connectivity index (χ1v) is 7.64. The highest BCUT2D eigenvalue weighted by Crippen LogP contribution is 2.35. The number of rotatable bonds is 4. The van der Waals surface area contributed by atoms with E-state index in [4.69, 9.17) is 22.1 Å². The number of benzene rings is 2. The van der Waals surface area contributed by atoms with Crippen molar-refractivity contribution >= 4 is 27.5 Å². The van der Waals surface area contributed by atoms with Gasteiger partial charge in [-0.1, -0.05) is 47.4 Å². The Hall–Kier alpha value is -1.03. The zero-order valence-corrected chi connectivity index (χ0v) is 13.8. The van der Waals surface area contributed by atoms with Crippen LogP contribution in [0.3, 0.4) is 0 Å². The lowest BCUT2D eigenvalue weighted by molar-refractivity contribution is 0.467. The summed E-state index contributed by atoms with van der Waals surface area (Å²) >= 11 is 9.53. The number of hydrogen-bond acceptors (Lipinski definition) is 2. The van der Waals surface area contributed by atoms with Gasteiger partial charge in [-0.3, -0.25) is 0 Å². The fraction of sp³-hybridized carbons (Fsp3) is 0.250. The monoisotopic (exact) mass is 353 g/mol. The molecule has 0 saturated carbocycles. The van der Waals surface area contributed by atoms with Crippen LogP contribution in [-0.4, -0.2) is 0 Å². The largest absolute Gasteiger partial charge is 0.457 e. The highest BCUT2D eigenvalue weighted by Gasteiger charge is 2.11. The summed E-state index contributed by atoms with van der Waals surface area (Å²) in [5.74, 6) is 1.91. The lowest BCUT2D eigenvalue weighted by Crippen LogP contribution is -2.01. The van der Waals surface area contributed by atoms with Gasteiger partial charge < -0.3 is 10.5 Å². The first kappa shape index (κ1) is 15.4.